The van der Waals surface area contributed by atoms with Crippen LogP contribution in [0, 0.1) is 0 Å². The molecule has 0 saturated carbocycles. The number of hydrogen-bond acceptors (Lipinski definition) is 8. The predicted molar refractivity (Wildman–Crippen MR) is 181 cm³/mol. The first-order chi connectivity index (χ1) is 21.1. The molecular formula is C34H70NaO8S2-. The Labute approximate surface area is 302 Å². The molecule has 45 heavy (non-hydrogen) atoms. The molecule has 8 nitrogen and oxygen atoms in total. The first kappa shape index (κ1) is 50.1. The van der Waals surface area contributed by atoms with Crippen molar-refractivity contribution in [3.8, 4) is 0 Å². The van der Waals surface area contributed by atoms with Crippen molar-refractivity contribution >= 4 is 20.8 Å². The number of rotatable bonds is 34. The van der Waals surface area contributed by atoms with Crippen LogP contribution in [0.25, 0.3) is 0 Å². The Morgan fingerprint density at radius 3 is 0.644 bits per heavy atom. The van der Waals surface area contributed by atoms with Crippen LogP contribution < -0.4 is 29.6 Å². The summed E-state index contributed by atoms with van der Waals surface area (Å²) in [4.78, 5) is 0. The molecule has 0 aliphatic carbocycles. The fourth-order valence-corrected chi connectivity index (χ4v) is 5.91. The second kappa shape index (κ2) is 39.2. The van der Waals surface area contributed by atoms with E-state index >= 15 is 0 Å². The summed E-state index contributed by atoms with van der Waals surface area (Å²) in [6.07, 6.45) is 37.7. The van der Waals surface area contributed by atoms with E-state index in [2.05, 4.69) is 22.2 Å². The van der Waals surface area contributed by atoms with E-state index in [-0.39, 0.29) is 42.8 Å². The third-order valence-electron chi connectivity index (χ3n) is 7.95. The quantitative estimate of drug-likeness (QED) is 0.0290. The average Bonchev–Trinajstić information content (AvgIpc) is 2.96. The summed E-state index contributed by atoms with van der Waals surface area (Å²) < 4.78 is 69.5. The molecule has 0 rings (SSSR count). The van der Waals surface area contributed by atoms with Crippen LogP contribution in [0.4, 0.5) is 0 Å². The normalized spacial score (nSPS) is 11.6. The van der Waals surface area contributed by atoms with Crippen LogP contribution in [0.3, 0.4) is 0 Å². The molecule has 0 aliphatic heterocycles. The van der Waals surface area contributed by atoms with Gasteiger partial charge in [-0.3, -0.25) is 8.37 Å². The number of unbranched alkanes of at least 4 members (excludes halogenated alkanes) is 28. The van der Waals surface area contributed by atoms with Crippen LogP contribution in [0.2, 0.25) is 0 Å². The fourth-order valence-electron chi connectivity index (χ4n) is 5.27. The minimum atomic E-state index is -4.49. The summed E-state index contributed by atoms with van der Waals surface area (Å²) in [5.41, 5.74) is 0. The second-order valence-corrected chi connectivity index (χ2v) is 14.5. The van der Waals surface area contributed by atoms with Crippen LogP contribution in [0.1, 0.15) is 206 Å². The third kappa shape index (κ3) is 54.5. The maximum absolute atomic E-state index is 10.2. The van der Waals surface area contributed by atoms with Crippen LogP contribution in [0.15, 0.2) is 0 Å². The molecule has 0 bridgehead atoms. The van der Waals surface area contributed by atoms with Crippen molar-refractivity contribution < 1.29 is 63.9 Å². The van der Waals surface area contributed by atoms with Crippen LogP contribution >= 0.6 is 0 Å². The van der Waals surface area contributed by atoms with Crippen LogP contribution in [0.5, 0.6) is 0 Å². The molecule has 0 fully saturated rings. The van der Waals surface area contributed by atoms with Crippen molar-refractivity contribution in [1.82, 2.24) is 0 Å². The minimum absolute atomic E-state index is 0. The second-order valence-electron chi connectivity index (χ2n) is 12.4. The molecule has 0 heterocycles. The largest absolute Gasteiger partial charge is 1.00 e. The molecule has 0 unspecified atom stereocenters. The molecule has 0 spiro atoms. The molecule has 268 valence electrons. The molecule has 0 aromatic rings. The Balaban J connectivity index is -0.000000770. The topological polar surface area (TPSA) is 133 Å². The van der Waals surface area contributed by atoms with Gasteiger partial charge in [0, 0.05) is 0 Å². The summed E-state index contributed by atoms with van der Waals surface area (Å²) >= 11 is 0. The SMILES string of the molecule is CCCCCCCCCCCCCCCCCCOS(=O)(=O)[O-].CCCCCCCCCCCCCCCCOS(=O)(=O)[O-].[Na+]. The molecular weight excluding hydrogens is 623 g/mol. The van der Waals surface area contributed by atoms with Crippen LogP contribution in [-0.2, 0) is 29.2 Å². The van der Waals surface area contributed by atoms with E-state index in [1.165, 1.54) is 154 Å². The van der Waals surface area contributed by atoms with E-state index < -0.39 is 20.8 Å². The van der Waals surface area contributed by atoms with Gasteiger partial charge in [0.15, 0.2) is 0 Å². The van der Waals surface area contributed by atoms with Gasteiger partial charge < -0.3 is 9.11 Å². The molecule has 0 atom stereocenters. The van der Waals surface area contributed by atoms with Gasteiger partial charge >= 0.3 is 29.6 Å². The minimum Gasteiger partial charge on any atom is -0.726 e. The molecule has 0 aliphatic rings. The number of hydrogen-bond donors (Lipinski definition) is 0. The first-order valence-electron chi connectivity index (χ1n) is 18.3. The molecule has 11 heteroatoms. The van der Waals surface area contributed by atoms with E-state index in [4.69, 9.17) is 0 Å². The molecule has 0 N–H and O–H groups in total. The van der Waals surface area contributed by atoms with Gasteiger partial charge in [0.25, 0.3) is 0 Å². The zero-order chi connectivity index (χ0) is 33.0. The molecule has 0 amide bonds. The predicted octanol–water partition coefficient (Wildman–Crippen LogP) is 7.67. The zero-order valence-corrected chi connectivity index (χ0v) is 33.3. The van der Waals surface area contributed by atoms with Gasteiger partial charge in [-0.2, -0.15) is 0 Å². The van der Waals surface area contributed by atoms with Gasteiger partial charge in [-0.1, -0.05) is 194 Å². The monoisotopic (exact) mass is 693 g/mol. The third-order valence-corrected chi connectivity index (χ3v) is 8.86. The van der Waals surface area contributed by atoms with Gasteiger partial charge in [0.1, 0.15) is 0 Å². The average molecular weight is 694 g/mol. The molecule has 0 saturated heterocycles. The van der Waals surface area contributed by atoms with Crippen molar-refractivity contribution in [3.63, 3.8) is 0 Å². The maximum atomic E-state index is 10.2. The maximum Gasteiger partial charge on any atom is 1.00 e. The Morgan fingerprint density at radius 2 is 0.489 bits per heavy atom. The molecule has 0 aromatic carbocycles. The molecule has 0 radical (unpaired) electrons. The first-order valence-corrected chi connectivity index (χ1v) is 21.0. The summed E-state index contributed by atoms with van der Waals surface area (Å²) in [6.45, 7) is 4.57. The Hall–Kier alpha value is 0.740. The van der Waals surface area contributed by atoms with Crippen molar-refractivity contribution in [1.29, 1.82) is 0 Å². The summed E-state index contributed by atoms with van der Waals surface area (Å²) in [5, 5.41) is 0. The Kier molecular flexibility index (Phi) is 43.6. The fraction of sp³-hybridized carbons (Fsp3) is 1.00. The Bertz CT molecular complexity index is 764. The van der Waals surface area contributed by atoms with Gasteiger partial charge in [-0.05, 0) is 12.8 Å². The van der Waals surface area contributed by atoms with E-state index in [1.807, 2.05) is 0 Å². The van der Waals surface area contributed by atoms with Gasteiger partial charge in [-0.15, -0.1) is 0 Å². The summed E-state index contributed by atoms with van der Waals surface area (Å²) in [6, 6.07) is 0. The van der Waals surface area contributed by atoms with Crippen molar-refractivity contribution in [3.05, 3.63) is 0 Å². The van der Waals surface area contributed by atoms with Crippen LogP contribution in [-0.4, -0.2) is 39.2 Å². The van der Waals surface area contributed by atoms with E-state index in [9.17, 15) is 25.9 Å². The smallest absolute Gasteiger partial charge is 0.726 e. The summed E-state index contributed by atoms with van der Waals surface area (Å²) in [5.74, 6) is 0. The van der Waals surface area contributed by atoms with Crippen molar-refractivity contribution in [2.75, 3.05) is 13.2 Å². The summed E-state index contributed by atoms with van der Waals surface area (Å²) in [7, 11) is -8.99. The Morgan fingerprint density at radius 1 is 0.333 bits per heavy atom. The van der Waals surface area contributed by atoms with E-state index in [0.29, 0.717) is 12.8 Å². The van der Waals surface area contributed by atoms with Gasteiger partial charge in [0.2, 0.25) is 20.8 Å². The van der Waals surface area contributed by atoms with E-state index in [0.717, 1.165) is 25.7 Å². The van der Waals surface area contributed by atoms with E-state index in [1.54, 1.807) is 0 Å². The van der Waals surface area contributed by atoms with Crippen molar-refractivity contribution in [2.24, 2.45) is 0 Å². The van der Waals surface area contributed by atoms with Gasteiger partial charge in [-0.25, -0.2) is 16.8 Å². The molecule has 0 aromatic heterocycles. The van der Waals surface area contributed by atoms with Gasteiger partial charge in [0.05, 0.1) is 13.2 Å². The van der Waals surface area contributed by atoms with Crippen molar-refractivity contribution in [2.45, 2.75) is 206 Å². The standard InChI is InChI=1S/C18H38O4S.C16H34O4S.Na/c1-2-3-4-5-6-7-8-9-10-11-12-13-14-15-16-17-18-22-23(19,20)21;1-2-3-4-5-6-7-8-9-10-11-12-13-14-15-16-20-21(17,18)19;/h2-18H2,1H3,(H,19,20,21);2-16H2,1H3,(H,17,18,19);/q;;+1/p-2. The zero-order valence-electron chi connectivity index (χ0n) is 29.7.